The summed E-state index contributed by atoms with van der Waals surface area (Å²) in [6, 6.07) is 14.2. The van der Waals surface area contributed by atoms with Crippen molar-refractivity contribution in [1.82, 2.24) is 0 Å². The van der Waals surface area contributed by atoms with E-state index in [-0.39, 0.29) is 5.91 Å². The summed E-state index contributed by atoms with van der Waals surface area (Å²) in [6.07, 6.45) is 1.53. The van der Waals surface area contributed by atoms with Gasteiger partial charge in [-0.3, -0.25) is 4.79 Å². The fourth-order valence-electron chi connectivity index (χ4n) is 2.55. The molecule has 1 amide bonds. The zero-order valence-electron chi connectivity index (χ0n) is 13.9. The van der Waals surface area contributed by atoms with Crippen LogP contribution >= 0.6 is 11.3 Å². The van der Waals surface area contributed by atoms with Crippen LogP contribution in [0, 0.1) is 0 Å². The van der Waals surface area contributed by atoms with E-state index in [1.165, 1.54) is 24.5 Å². The number of amides is 1. The number of hydrogen-bond donors (Lipinski definition) is 1. The topological polar surface area (TPSA) is 55.4 Å². The van der Waals surface area contributed by atoms with Crippen molar-refractivity contribution in [2.45, 2.75) is 6.92 Å². The summed E-state index contributed by atoms with van der Waals surface area (Å²) in [7, 11) is 1.31. The van der Waals surface area contributed by atoms with Gasteiger partial charge in [0.2, 0.25) is 5.91 Å². The normalized spacial score (nSPS) is 11.4. The molecule has 1 heterocycles. The van der Waals surface area contributed by atoms with Crippen molar-refractivity contribution in [2.75, 3.05) is 12.4 Å². The van der Waals surface area contributed by atoms with E-state index in [2.05, 4.69) is 17.4 Å². The maximum absolute atomic E-state index is 12.3. The minimum absolute atomic E-state index is 0.283. The number of rotatable bonds is 4. The van der Waals surface area contributed by atoms with Crippen LogP contribution in [0.15, 0.2) is 59.3 Å². The molecule has 0 bridgehead atoms. The van der Waals surface area contributed by atoms with Gasteiger partial charge in [0.05, 0.1) is 18.4 Å². The standard InChI is InChI=1S/C20H17NO3S/c1-13(15-8-7-14-5-3-4-6-16(14)10-15)9-19(22)21-18-12-25-11-17(18)20(23)24-2/h3-12H,1-2H3,(H,21,22). The molecule has 4 nitrogen and oxygen atoms in total. The van der Waals surface area contributed by atoms with Crippen LogP contribution < -0.4 is 5.32 Å². The Hall–Kier alpha value is -2.92. The number of anilines is 1. The summed E-state index contributed by atoms with van der Waals surface area (Å²) in [5.41, 5.74) is 2.65. The van der Waals surface area contributed by atoms with Crippen LogP contribution in [-0.2, 0) is 9.53 Å². The van der Waals surface area contributed by atoms with Crippen LogP contribution in [0.1, 0.15) is 22.8 Å². The number of thiophene rings is 1. The van der Waals surface area contributed by atoms with Crippen molar-refractivity contribution >= 4 is 45.2 Å². The first-order chi connectivity index (χ1) is 12.1. The maximum atomic E-state index is 12.3. The summed E-state index contributed by atoms with van der Waals surface area (Å²) < 4.78 is 4.71. The fourth-order valence-corrected chi connectivity index (χ4v) is 3.29. The largest absolute Gasteiger partial charge is 0.465 e. The Kier molecular flexibility index (Phi) is 4.95. The minimum atomic E-state index is -0.466. The molecule has 3 rings (SSSR count). The van der Waals surface area contributed by atoms with Gasteiger partial charge in [-0.1, -0.05) is 36.4 Å². The Morgan fingerprint density at radius 1 is 1.08 bits per heavy atom. The van der Waals surface area contributed by atoms with Gasteiger partial charge < -0.3 is 10.1 Å². The molecule has 2 aromatic carbocycles. The van der Waals surface area contributed by atoms with E-state index in [9.17, 15) is 9.59 Å². The highest BCUT2D eigenvalue weighted by atomic mass is 32.1. The number of fused-ring (bicyclic) bond motifs is 1. The molecule has 0 spiro atoms. The molecule has 0 atom stereocenters. The summed E-state index contributed by atoms with van der Waals surface area (Å²) in [5.74, 6) is -0.749. The van der Waals surface area contributed by atoms with Crippen molar-refractivity contribution < 1.29 is 14.3 Å². The smallest absolute Gasteiger partial charge is 0.340 e. The zero-order valence-corrected chi connectivity index (χ0v) is 14.7. The second-order valence-corrected chi connectivity index (χ2v) is 6.31. The lowest BCUT2D eigenvalue weighted by Crippen LogP contribution is -2.11. The van der Waals surface area contributed by atoms with Crippen LogP contribution in [-0.4, -0.2) is 19.0 Å². The minimum Gasteiger partial charge on any atom is -0.465 e. The van der Waals surface area contributed by atoms with Crippen LogP contribution in [0.2, 0.25) is 0 Å². The number of ether oxygens (including phenoxy) is 1. The Balaban J connectivity index is 1.80. The lowest BCUT2D eigenvalue weighted by molar-refractivity contribution is -0.111. The highest BCUT2D eigenvalue weighted by Gasteiger charge is 2.14. The van der Waals surface area contributed by atoms with Gasteiger partial charge in [-0.2, -0.15) is 0 Å². The zero-order chi connectivity index (χ0) is 17.8. The van der Waals surface area contributed by atoms with Crippen LogP contribution in [0.5, 0.6) is 0 Å². The summed E-state index contributed by atoms with van der Waals surface area (Å²) in [4.78, 5) is 23.9. The number of nitrogens with one attached hydrogen (secondary N) is 1. The Labute approximate surface area is 149 Å². The van der Waals surface area contributed by atoms with Crippen LogP contribution in [0.25, 0.3) is 16.3 Å². The highest BCUT2D eigenvalue weighted by Crippen LogP contribution is 2.23. The van der Waals surface area contributed by atoms with Crippen molar-refractivity contribution in [3.05, 3.63) is 70.4 Å². The number of carbonyl (C=O) groups is 2. The van der Waals surface area contributed by atoms with Gasteiger partial charge in [0.1, 0.15) is 0 Å². The van der Waals surface area contributed by atoms with Crippen molar-refractivity contribution in [3.63, 3.8) is 0 Å². The lowest BCUT2D eigenvalue weighted by Gasteiger charge is -2.06. The molecule has 0 unspecified atom stereocenters. The maximum Gasteiger partial charge on any atom is 0.340 e. The third kappa shape index (κ3) is 3.78. The van der Waals surface area contributed by atoms with Gasteiger partial charge in [0.15, 0.2) is 0 Å². The van der Waals surface area contributed by atoms with E-state index in [0.717, 1.165) is 21.9 Å². The molecule has 0 aliphatic carbocycles. The average Bonchev–Trinajstić information content (AvgIpc) is 3.08. The van der Waals surface area contributed by atoms with Gasteiger partial charge in [-0.15, -0.1) is 11.3 Å². The van der Waals surface area contributed by atoms with Crippen molar-refractivity contribution in [1.29, 1.82) is 0 Å². The van der Waals surface area contributed by atoms with E-state index in [4.69, 9.17) is 4.74 Å². The van der Waals surface area contributed by atoms with E-state index >= 15 is 0 Å². The molecule has 0 aliphatic heterocycles. The lowest BCUT2D eigenvalue weighted by atomic mass is 10.0. The quantitative estimate of drug-likeness (QED) is 0.546. The van der Waals surface area contributed by atoms with Crippen LogP contribution in [0.3, 0.4) is 0 Å². The number of benzene rings is 2. The number of methoxy groups -OCH3 is 1. The molecule has 3 aromatic rings. The van der Waals surface area contributed by atoms with Crippen molar-refractivity contribution in [3.8, 4) is 0 Å². The Morgan fingerprint density at radius 2 is 1.84 bits per heavy atom. The van der Waals surface area contributed by atoms with Crippen molar-refractivity contribution in [2.24, 2.45) is 0 Å². The molecular weight excluding hydrogens is 334 g/mol. The number of allylic oxidation sites excluding steroid dienone is 1. The van der Waals surface area contributed by atoms with Gasteiger partial charge in [0, 0.05) is 16.8 Å². The molecule has 0 radical (unpaired) electrons. The fraction of sp³-hybridized carbons (Fsp3) is 0.100. The second kappa shape index (κ2) is 7.32. The van der Waals surface area contributed by atoms with Gasteiger partial charge in [-0.05, 0) is 34.9 Å². The van der Waals surface area contributed by atoms with Gasteiger partial charge in [0.25, 0.3) is 0 Å². The summed E-state index contributed by atoms with van der Waals surface area (Å²) >= 11 is 1.33. The number of carbonyl (C=O) groups excluding carboxylic acids is 2. The summed E-state index contributed by atoms with van der Waals surface area (Å²) in [5, 5.41) is 8.38. The predicted molar refractivity (Wildman–Crippen MR) is 102 cm³/mol. The highest BCUT2D eigenvalue weighted by molar-refractivity contribution is 7.08. The molecule has 126 valence electrons. The molecule has 0 saturated carbocycles. The number of esters is 1. The SMILES string of the molecule is COC(=O)c1cscc1NC(=O)C=C(C)c1ccc2ccccc2c1. The number of hydrogen-bond acceptors (Lipinski definition) is 4. The molecular formula is C20H17NO3S. The average molecular weight is 351 g/mol. The second-order valence-electron chi connectivity index (χ2n) is 5.57. The first kappa shape index (κ1) is 16.9. The molecule has 1 N–H and O–H groups in total. The first-order valence-corrected chi connectivity index (χ1v) is 8.65. The Morgan fingerprint density at radius 3 is 2.60 bits per heavy atom. The third-order valence-corrected chi connectivity index (χ3v) is 4.62. The monoisotopic (exact) mass is 351 g/mol. The van der Waals surface area contributed by atoms with E-state index in [0.29, 0.717) is 11.3 Å². The molecule has 0 aliphatic rings. The molecule has 1 aromatic heterocycles. The Bertz CT molecular complexity index is 972. The summed E-state index contributed by atoms with van der Waals surface area (Å²) in [6.45, 7) is 1.89. The molecule has 0 saturated heterocycles. The predicted octanol–water partition coefficient (Wildman–Crippen LogP) is 4.73. The van der Waals surface area contributed by atoms with Gasteiger partial charge in [-0.25, -0.2) is 4.79 Å². The van der Waals surface area contributed by atoms with E-state index in [1.807, 2.05) is 37.3 Å². The van der Waals surface area contributed by atoms with E-state index < -0.39 is 5.97 Å². The van der Waals surface area contributed by atoms with Gasteiger partial charge >= 0.3 is 5.97 Å². The van der Waals surface area contributed by atoms with E-state index in [1.54, 1.807) is 10.8 Å². The van der Waals surface area contributed by atoms with Crippen LogP contribution in [0.4, 0.5) is 5.69 Å². The molecule has 25 heavy (non-hydrogen) atoms. The first-order valence-electron chi connectivity index (χ1n) is 7.71. The molecule has 5 heteroatoms. The third-order valence-electron chi connectivity index (χ3n) is 3.88. The molecule has 0 fully saturated rings.